The molecule has 0 bridgehead atoms. The predicted octanol–water partition coefficient (Wildman–Crippen LogP) is 5.36. The molecule has 4 rings (SSSR count). The van der Waals surface area contributed by atoms with E-state index in [1.165, 1.54) is 30.9 Å². The first-order valence-corrected chi connectivity index (χ1v) is 11.2. The Kier molecular flexibility index (Phi) is 5.65. The number of anilines is 1. The zero-order chi connectivity index (χ0) is 22.3. The molecule has 0 aromatic heterocycles. The van der Waals surface area contributed by atoms with E-state index in [0.29, 0.717) is 22.9 Å². The highest BCUT2D eigenvalue weighted by Gasteiger charge is 2.39. The summed E-state index contributed by atoms with van der Waals surface area (Å²) in [5.41, 5.74) is 4.47. The summed E-state index contributed by atoms with van der Waals surface area (Å²) in [6, 6.07) is 11.8. The highest BCUT2D eigenvalue weighted by Crippen LogP contribution is 2.45. The Labute approximate surface area is 184 Å². The van der Waals surface area contributed by atoms with Crippen molar-refractivity contribution in [3.8, 4) is 5.75 Å². The lowest BCUT2D eigenvalue weighted by molar-refractivity contribution is 0.101. The second kappa shape index (κ2) is 8.12. The number of nitrogens with zero attached hydrogens (tertiary/aromatic N) is 1. The van der Waals surface area contributed by atoms with E-state index in [-0.39, 0.29) is 23.2 Å². The monoisotopic (exact) mass is 420 g/mol. The molecule has 1 atom stereocenters. The van der Waals surface area contributed by atoms with Gasteiger partial charge in [-0.25, -0.2) is 0 Å². The molecule has 2 aliphatic heterocycles. The molecular weight excluding hydrogens is 388 g/mol. The minimum Gasteiger partial charge on any atom is -0.490 e. The molecule has 1 N–H and O–H groups in total. The number of ketones is 1. The van der Waals surface area contributed by atoms with Crippen LogP contribution in [0, 0.1) is 0 Å². The number of ether oxygens (including phenoxy) is 1. The van der Waals surface area contributed by atoms with Crippen LogP contribution in [0.5, 0.6) is 5.75 Å². The summed E-state index contributed by atoms with van der Waals surface area (Å²) in [5, 5.41) is 3.03. The number of rotatable bonds is 5. The average molecular weight is 421 g/mol. The van der Waals surface area contributed by atoms with E-state index in [9.17, 15) is 9.59 Å². The highest BCUT2D eigenvalue weighted by atomic mass is 16.5. The summed E-state index contributed by atoms with van der Waals surface area (Å²) in [7, 11) is 0. The lowest BCUT2D eigenvalue weighted by Crippen LogP contribution is -2.42. The smallest absolute Gasteiger partial charge is 0.255 e. The van der Waals surface area contributed by atoms with Gasteiger partial charge in [0.15, 0.2) is 5.78 Å². The van der Waals surface area contributed by atoms with E-state index < -0.39 is 0 Å². The Hall–Kier alpha value is -2.66. The van der Waals surface area contributed by atoms with E-state index in [0.717, 1.165) is 18.8 Å². The fourth-order valence-corrected chi connectivity index (χ4v) is 5.00. The minimum atomic E-state index is -0.225. The molecule has 0 aliphatic carbocycles. The van der Waals surface area contributed by atoms with Gasteiger partial charge in [0.05, 0.1) is 11.7 Å². The van der Waals surface area contributed by atoms with Gasteiger partial charge in [-0.2, -0.15) is 0 Å². The van der Waals surface area contributed by atoms with Crippen LogP contribution in [0.4, 0.5) is 5.69 Å². The molecule has 5 heteroatoms. The first kappa shape index (κ1) is 21.6. The maximum Gasteiger partial charge on any atom is 0.255 e. The Morgan fingerprint density at radius 3 is 2.65 bits per heavy atom. The fourth-order valence-electron chi connectivity index (χ4n) is 5.00. The van der Waals surface area contributed by atoms with Gasteiger partial charge in [0.2, 0.25) is 0 Å². The number of hydrogen-bond donors (Lipinski definition) is 1. The largest absolute Gasteiger partial charge is 0.490 e. The van der Waals surface area contributed by atoms with E-state index in [4.69, 9.17) is 4.74 Å². The van der Waals surface area contributed by atoms with E-state index >= 15 is 0 Å². The molecule has 2 heterocycles. The first-order chi connectivity index (χ1) is 14.7. The first-order valence-electron chi connectivity index (χ1n) is 11.2. The van der Waals surface area contributed by atoms with E-state index in [2.05, 4.69) is 36.2 Å². The zero-order valence-electron chi connectivity index (χ0n) is 19.1. The van der Waals surface area contributed by atoms with Crippen LogP contribution in [-0.4, -0.2) is 35.8 Å². The van der Waals surface area contributed by atoms with Crippen molar-refractivity contribution in [1.29, 1.82) is 0 Å². The molecule has 5 nitrogen and oxygen atoms in total. The van der Waals surface area contributed by atoms with E-state index in [1.807, 2.05) is 19.9 Å². The number of hydrogen-bond acceptors (Lipinski definition) is 4. The number of carbonyl (C=O) groups is 2. The van der Waals surface area contributed by atoms with Crippen molar-refractivity contribution in [2.24, 2.45) is 0 Å². The SMILES string of the molecule is CC(=O)c1cc(C(=O)Nc2ccc3c(c2)C2CCCN2CC3(C)C)ccc1OC(C)C. The third kappa shape index (κ3) is 4.24. The minimum absolute atomic E-state index is 0.0484. The maximum absolute atomic E-state index is 13.0. The molecule has 1 fully saturated rings. The lowest BCUT2D eigenvalue weighted by Gasteiger charge is -2.42. The summed E-state index contributed by atoms with van der Waals surface area (Å²) in [5.74, 6) is 0.163. The number of fused-ring (bicyclic) bond motifs is 3. The third-order valence-corrected chi connectivity index (χ3v) is 6.34. The number of amides is 1. The number of benzene rings is 2. The van der Waals surface area contributed by atoms with Gasteiger partial charge in [-0.1, -0.05) is 19.9 Å². The van der Waals surface area contributed by atoms with Crippen molar-refractivity contribution in [2.45, 2.75) is 65.0 Å². The Balaban J connectivity index is 1.60. The van der Waals surface area contributed by atoms with Gasteiger partial charge >= 0.3 is 0 Å². The van der Waals surface area contributed by atoms with Crippen molar-refractivity contribution in [1.82, 2.24) is 4.90 Å². The van der Waals surface area contributed by atoms with Crippen LogP contribution in [0.15, 0.2) is 36.4 Å². The number of Topliss-reactive ketones (excluding diaryl/α,β-unsaturated/α-hetero) is 1. The van der Waals surface area contributed by atoms with Gasteiger partial charge in [0, 0.05) is 29.3 Å². The summed E-state index contributed by atoms with van der Waals surface area (Å²) < 4.78 is 5.72. The summed E-state index contributed by atoms with van der Waals surface area (Å²) in [4.78, 5) is 27.6. The summed E-state index contributed by atoms with van der Waals surface area (Å²) in [6.45, 7) is 12.1. The van der Waals surface area contributed by atoms with Gasteiger partial charge in [0.25, 0.3) is 5.91 Å². The van der Waals surface area contributed by atoms with Crippen LogP contribution in [-0.2, 0) is 5.41 Å². The van der Waals surface area contributed by atoms with Crippen molar-refractivity contribution < 1.29 is 14.3 Å². The van der Waals surface area contributed by atoms with E-state index in [1.54, 1.807) is 18.2 Å². The van der Waals surface area contributed by atoms with Crippen molar-refractivity contribution in [2.75, 3.05) is 18.4 Å². The number of nitrogens with one attached hydrogen (secondary N) is 1. The van der Waals surface area contributed by atoms with Gasteiger partial charge in [-0.3, -0.25) is 14.5 Å². The average Bonchev–Trinajstić information content (AvgIpc) is 3.15. The fraction of sp³-hybridized carbons (Fsp3) is 0.462. The summed E-state index contributed by atoms with van der Waals surface area (Å²) >= 11 is 0. The number of carbonyl (C=O) groups excluding carboxylic acids is 2. The van der Waals surface area contributed by atoms with Gasteiger partial charge in [0.1, 0.15) is 5.75 Å². The molecule has 0 spiro atoms. The van der Waals surface area contributed by atoms with Gasteiger partial charge < -0.3 is 10.1 Å². The second-order valence-corrected chi connectivity index (χ2v) is 9.70. The Morgan fingerprint density at radius 2 is 1.94 bits per heavy atom. The van der Waals surface area contributed by atoms with Crippen LogP contribution < -0.4 is 10.1 Å². The van der Waals surface area contributed by atoms with Crippen LogP contribution in [0.1, 0.15) is 85.3 Å². The van der Waals surface area contributed by atoms with Crippen LogP contribution in [0.2, 0.25) is 0 Å². The summed E-state index contributed by atoms with van der Waals surface area (Å²) in [6.07, 6.45) is 2.34. The lowest BCUT2D eigenvalue weighted by atomic mass is 9.76. The maximum atomic E-state index is 13.0. The molecule has 1 amide bonds. The molecule has 0 saturated carbocycles. The molecule has 2 aromatic carbocycles. The van der Waals surface area contributed by atoms with Crippen molar-refractivity contribution in [3.63, 3.8) is 0 Å². The molecule has 2 aromatic rings. The van der Waals surface area contributed by atoms with Crippen LogP contribution >= 0.6 is 0 Å². The third-order valence-electron chi connectivity index (χ3n) is 6.34. The normalized spacial score (nSPS) is 19.6. The molecule has 164 valence electrons. The van der Waals surface area contributed by atoms with Gasteiger partial charge in [-0.15, -0.1) is 0 Å². The standard InChI is InChI=1S/C26H32N2O3/c1-16(2)31-24-11-8-18(13-20(24)17(3)29)25(30)27-19-9-10-22-21(14-19)23-7-6-12-28(23)15-26(22,4)5/h8-11,13-14,16,23H,6-7,12,15H2,1-5H3,(H,27,30). The molecule has 0 radical (unpaired) electrons. The zero-order valence-corrected chi connectivity index (χ0v) is 19.1. The van der Waals surface area contributed by atoms with Crippen LogP contribution in [0.3, 0.4) is 0 Å². The second-order valence-electron chi connectivity index (χ2n) is 9.70. The Morgan fingerprint density at radius 1 is 1.16 bits per heavy atom. The molecule has 1 unspecified atom stereocenters. The quantitative estimate of drug-likeness (QED) is 0.662. The van der Waals surface area contributed by atoms with Gasteiger partial charge in [-0.05, 0) is 81.6 Å². The molecule has 31 heavy (non-hydrogen) atoms. The topological polar surface area (TPSA) is 58.6 Å². The van der Waals surface area contributed by atoms with Crippen molar-refractivity contribution >= 4 is 17.4 Å². The Bertz CT molecular complexity index is 1030. The molecule has 2 aliphatic rings. The molecule has 1 saturated heterocycles. The molecular formula is C26H32N2O3. The van der Waals surface area contributed by atoms with Crippen LogP contribution in [0.25, 0.3) is 0 Å². The highest BCUT2D eigenvalue weighted by molar-refractivity contribution is 6.07. The van der Waals surface area contributed by atoms with Crippen molar-refractivity contribution in [3.05, 3.63) is 58.7 Å². The predicted molar refractivity (Wildman–Crippen MR) is 123 cm³/mol.